The predicted octanol–water partition coefficient (Wildman–Crippen LogP) is 4.53. The van der Waals surface area contributed by atoms with Crippen molar-refractivity contribution in [3.8, 4) is 0 Å². The molecule has 2 amide bonds. The fourth-order valence-corrected chi connectivity index (χ4v) is 3.43. The van der Waals surface area contributed by atoms with Crippen LogP contribution in [-0.4, -0.2) is 48.5 Å². The number of rotatable bonds is 7. The molecule has 32 heavy (non-hydrogen) atoms. The van der Waals surface area contributed by atoms with Crippen LogP contribution < -0.4 is 5.32 Å². The molecule has 0 aliphatic rings. The molecule has 0 unspecified atom stereocenters. The Labute approximate surface area is 183 Å². The summed E-state index contributed by atoms with van der Waals surface area (Å²) in [7, 11) is 1.46. The molecule has 0 fully saturated rings. The van der Waals surface area contributed by atoms with E-state index in [0.29, 0.717) is 5.56 Å². The first kappa shape index (κ1) is 23.3. The molecule has 9 heteroatoms. The molecular weight excluding hydrogens is 423 g/mol. The molecule has 170 valence electrons. The molecule has 0 aliphatic carbocycles. The number of anilines is 1. The first-order valence-electron chi connectivity index (χ1n) is 9.95. The molecule has 0 atom stereocenters. The van der Waals surface area contributed by atoms with Crippen LogP contribution in [0.2, 0.25) is 0 Å². The zero-order valence-corrected chi connectivity index (χ0v) is 18.0. The lowest BCUT2D eigenvalue weighted by Gasteiger charge is -2.22. The highest BCUT2D eigenvalue weighted by Crippen LogP contribution is 2.34. The van der Waals surface area contributed by atoms with E-state index in [1.165, 1.54) is 30.2 Å². The van der Waals surface area contributed by atoms with Crippen LogP contribution in [0.5, 0.6) is 0 Å². The normalized spacial score (nSPS) is 11.6. The molecule has 0 saturated carbocycles. The van der Waals surface area contributed by atoms with Gasteiger partial charge in [0.05, 0.1) is 17.9 Å². The number of alkyl halides is 3. The van der Waals surface area contributed by atoms with Crippen molar-refractivity contribution >= 4 is 28.4 Å². The minimum Gasteiger partial charge on any atom is -0.383 e. The Hall–Kier alpha value is -3.33. The summed E-state index contributed by atoms with van der Waals surface area (Å²) < 4.78 is 44.6. The third-order valence-electron chi connectivity index (χ3n) is 5.25. The van der Waals surface area contributed by atoms with Gasteiger partial charge in [-0.05, 0) is 49.7 Å². The summed E-state index contributed by atoms with van der Waals surface area (Å²) in [5.41, 5.74) is 1.96. The molecular formula is C23H24F3N3O3. The van der Waals surface area contributed by atoms with E-state index in [2.05, 4.69) is 10.3 Å². The number of methoxy groups -OCH3 is 1. The van der Waals surface area contributed by atoms with Crippen LogP contribution in [0.25, 0.3) is 10.9 Å². The smallest absolute Gasteiger partial charge is 0.383 e. The van der Waals surface area contributed by atoms with Crippen molar-refractivity contribution in [3.05, 3.63) is 64.8 Å². The number of H-pyrrole nitrogens is 1. The Kier molecular flexibility index (Phi) is 6.88. The van der Waals surface area contributed by atoms with Gasteiger partial charge >= 0.3 is 6.18 Å². The monoisotopic (exact) mass is 447 g/mol. The number of nitrogens with zero attached hydrogens (tertiary/aromatic N) is 1. The molecule has 0 radical (unpaired) electrons. The second kappa shape index (κ2) is 9.44. The summed E-state index contributed by atoms with van der Waals surface area (Å²) in [6.45, 7) is 3.73. The van der Waals surface area contributed by atoms with E-state index in [4.69, 9.17) is 4.74 Å². The molecule has 0 saturated heterocycles. The van der Waals surface area contributed by atoms with Crippen molar-refractivity contribution in [2.75, 3.05) is 32.1 Å². The lowest BCUT2D eigenvalue weighted by molar-refractivity contribution is -0.137. The van der Waals surface area contributed by atoms with Crippen LogP contribution >= 0.6 is 0 Å². The number of amides is 2. The van der Waals surface area contributed by atoms with Crippen molar-refractivity contribution in [1.29, 1.82) is 0 Å². The summed E-state index contributed by atoms with van der Waals surface area (Å²) in [6, 6.07) is 9.89. The van der Waals surface area contributed by atoms with Crippen molar-refractivity contribution in [2.45, 2.75) is 20.0 Å². The number of hydrogen-bond donors (Lipinski definition) is 2. The average molecular weight is 447 g/mol. The molecule has 0 bridgehead atoms. The zero-order valence-electron chi connectivity index (χ0n) is 18.0. The number of aromatic nitrogens is 1. The standard InChI is InChI=1S/C23H24F3N3O3/c1-14-15(2)27-19-9-8-16(12-17(14)19)22(31)29(10-11-32-3)13-21(30)28-20-7-5-4-6-18(20)23(24,25)26/h4-9,12,27H,10-11,13H2,1-3H3,(H,28,30). The Bertz CT molecular complexity index is 1140. The number of nitrogens with one attached hydrogen (secondary N) is 2. The van der Waals surface area contributed by atoms with E-state index in [0.717, 1.165) is 28.2 Å². The molecule has 6 nitrogen and oxygen atoms in total. The number of benzene rings is 2. The fraction of sp³-hybridized carbons (Fsp3) is 0.304. The van der Waals surface area contributed by atoms with E-state index < -0.39 is 30.1 Å². The Morgan fingerprint density at radius 1 is 1.12 bits per heavy atom. The molecule has 0 aliphatic heterocycles. The topological polar surface area (TPSA) is 74.4 Å². The van der Waals surface area contributed by atoms with E-state index in [9.17, 15) is 22.8 Å². The minimum atomic E-state index is -4.61. The lowest BCUT2D eigenvalue weighted by atomic mass is 10.1. The van der Waals surface area contributed by atoms with Gasteiger partial charge in [0.2, 0.25) is 5.91 Å². The maximum absolute atomic E-state index is 13.2. The molecule has 0 spiro atoms. The number of carbonyl (C=O) groups is 2. The first-order chi connectivity index (χ1) is 15.1. The van der Waals surface area contributed by atoms with Gasteiger partial charge in [-0.2, -0.15) is 13.2 Å². The molecule has 1 aromatic heterocycles. The van der Waals surface area contributed by atoms with Gasteiger partial charge in [0.25, 0.3) is 5.91 Å². The van der Waals surface area contributed by atoms with Crippen LogP contribution in [0, 0.1) is 13.8 Å². The fourth-order valence-electron chi connectivity index (χ4n) is 3.43. The van der Waals surface area contributed by atoms with Gasteiger partial charge in [-0.3, -0.25) is 9.59 Å². The van der Waals surface area contributed by atoms with Gasteiger partial charge < -0.3 is 19.9 Å². The zero-order chi connectivity index (χ0) is 23.5. The molecule has 3 rings (SSSR count). The summed E-state index contributed by atoms with van der Waals surface area (Å²) in [5, 5.41) is 3.17. The maximum atomic E-state index is 13.2. The van der Waals surface area contributed by atoms with E-state index in [1.54, 1.807) is 18.2 Å². The van der Waals surface area contributed by atoms with Crippen LogP contribution in [-0.2, 0) is 15.7 Å². The quantitative estimate of drug-likeness (QED) is 0.559. The van der Waals surface area contributed by atoms with Gasteiger partial charge in [0.1, 0.15) is 6.54 Å². The summed E-state index contributed by atoms with van der Waals surface area (Å²) >= 11 is 0. The number of halogens is 3. The Morgan fingerprint density at radius 2 is 1.84 bits per heavy atom. The van der Waals surface area contributed by atoms with Gasteiger partial charge in [-0.25, -0.2) is 0 Å². The third-order valence-corrected chi connectivity index (χ3v) is 5.25. The number of aryl methyl sites for hydroxylation is 2. The first-order valence-corrected chi connectivity index (χ1v) is 9.95. The minimum absolute atomic E-state index is 0.104. The summed E-state index contributed by atoms with van der Waals surface area (Å²) in [6.07, 6.45) is -4.61. The largest absolute Gasteiger partial charge is 0.418 e. The predicted molar refractivity (Wildman–Crippen MR) is 116 cm³/mol. The highest BCUT2D eigenvalue weighted by Gasteiger charge is 2.33. The van der Waals surface area contributed by atoms with Crippen molar-refractivity contribution in [2.24, 2.45) is 0 Å². The number of para-hydroxylation sites is 1. The summed E-state index contributed by atoms with van der Waals surface area (Å²) in [5.74, 6) is -1.15. The second-order valence-corrected chi connectivity index (χ2v) is 7.45. The maximum Gasteiger partial charge on any atom is 0.418 e. The third kappa shape index (κ3) is 5.11. The van der Waals surface area contributed by atoms with E-state index in [1.807, 2.05) is 13.8 Å². The highest BCUT2D eigenvalue weighted by molar-refractivity contribution is 6.02. The van der Waals surface area contributed by atoms with Crippen LogP contribution in [0.3, 0.4) is 0 Å². The van der Waals surface area contributed by atoms with Crippen LogP contribution in [0.1, 0.15) is 27.2 Å². The van der Waals surface area contributed by atoms with Crippen molar-refractivity contribution < 1.29 is 27.5 Å². The van der Waals surface area contributed by atoms with Gasteiger partial charge in [-0.15, -0.1) is 0 Å². The molecule has 1 heterocycles. The van der Waals surface area contributed by atoms with E-state index >= 15 is 0 Å². The van der Waals surface area contributed by atoms with Crippen LogP contribution in [0.4, 0.5) is 18.9 Å². The number of ether oxygens (including phenoxy) is 1. The summed E-state index contributed by atoms with van der Waals surface area (Å²) in [4.78, 5) is 30.2. The number of hydrogen-bond acceptors (Lipinski definition) is 3. The Morgan fingerprint density at radius 3 is 2.53 bits per heavy atom. The SMILES string of the molecule is COCCN(CC(=O)Nc1ccccc1C(F)(F)F)C(=O)c1ccc2[nH]c(C)c(C)c2c1. The van der Waals surface area contributed by atoms with E-state index in [-0.39, 0.29) is 18.8 Å². The lowest BCUT2D eigenvalue weighted by Crippen LogP contribution is -2.40. The number of carbonyl (C=O) groups excluding carboxylic acids is 2. The highest BCUT2D eigenvalue weighted by atomic mass is 19.4. The average Bonchev–Trinajstić information content (AvgIpc) is 3.03. The molecule has 2 N–H and O–H groups in total. The van der Waals surface area contributed by atoms with Crippen molar-refractivity contribution in [3.63, 3.8) is 0 Å². The van der Waals surface area contributed by atoms with Gasteiger partial charge in [-0.1, -0.05) is 12.1 Å². The molecule has 3 aromatic rings. The van der Waals surface area contributed by atoms with Crippen molar-refractivity contribution in [1.82, 2.24) is 9.88 Å². The molecule has 2 aromatic carbocycles. The van der Waals surface area contributed by atoms with Gasteiger partial charge in [0, 0.05) is 35.8 Å². The Balaban J connectivity index is 1.82. The van der Waals surface area contributed by atoms with Crippen LogP contribution in [0.15, 0.2) is 42.5 Å². The number of fused-ring (bicyclic) bond motifs is 1. The number of aromatic amines is 1. The second-order valence-electron chi connectivity index (χ2n) is 7.45. The van der Waals surface area contributed by atoms with Gasteiger partial charge in [0.15, 0.2) is 0 Å².